The van der Waals surface area contributed by atoms with Crippen LogP contribution in [0.4, 0.5) is 28.9 Å². The Bertz CT molecular complexity index is 1570. The normalized spacial score (nSPS) is 15.0. The Morgan fingerprint density at radius 1 is 0.977 bits per heavy atom. The number of rotatable bonds is 12. The summed E-state index contributed by atoms with van der Waals surface area (Å²) in [6.07, 6.45) is -1.39. The standard InChI is InChI=1S/C31H32F4N6O2/c32-24-10-9-22(30(39,12-11-18-7-8-18)21-5-2-4-20(14-21)28(38)42)15-25(24)41-29(43)26(16-27(37)31(33,34)35)40-23-6-1-3-19(13-23)17-36/h1-6,9-10,13-16,18,37,40H,7-8,11-12,17,36,39H2,(H2,38,42)(H,41,43)/b26-16-,37-27?. The second kappa shape index (κ2) is 12.8. The number of hydrogen-bond acceptors (Lipinski definition) is 6. The first kappa shape index (κ1) is 31.4. The molecule has 12 heteroatoms. The number of primary amides is 1. The molecule has 1 aliphatic rings. The molecule has 0 radical (unpaired) electrons. The zero-order valence-corrected chi connectivity index (χ0v) is 23.1. The third-order valence-electron chi connectivity index (χ3n) is 7.32. The number of hydrogen-bond donors (Lipinski definition) is 6. The summed E-state index contributed by atoms with van der Waals surface area (Å²) < 4.78 is 54.8. The summed E-state index contributed by atoms with van der Waals surface area (Å²) in [6, 6.07) is 16.7. The van der Waals surface area contributed by atoms with E-state index in [1.54, 1.807) is 36.4 Å². The maximum atomic E-state index is 15.1. The van der Waals surface area contributed by atoms with Gasteiger partial charge in [0.1, 0.15) is 17.2 Å². The number of amides is 2. The molecule has 43 heavy (non-hydrogen) atoms. The zero-order valence-electron chi connectivity index (χ0n) is 23.1. The number of halogens is 4. The van der Waals surface area contributed by atoms with Crippen LogP contribution in [0.5, 0.6) is 0 Å². The lowest BCUT2D eigenvalue weighted by Gasteiger charge is -2.32. The van der Waals surface area contributed by atoms with Gasteiger partial charge in [0, 0.05) is 17.8 Å². The van der Waals surface area contributed by atoms with E-state index in [0.29, 0.717) is 35.1 Å². The summed E-state index contributed by atoms with van der Waals surface area (Å²) in [6.45, 7) is 0.140. The molecule has 0 spiro atoms. The Kier molecular flexibility index (Phi) is 9.31. The monoisotopic (exact) mass is 596 g/mol. The van der Waals surface area contributed by atoms with Gasteiger partial charge in [-0.1, -0.05) is 43.2 Å². The largest absolute Gasteiger partial charge is 0.432 e. The fourth-order valence-corrected chi connectivity index (χ4v) is 4.65. The highest BCUT2D eigenvalue weighted by atomic mass is 19.4. The van der Waals surface area contributed by atoms with Crippen molar-refractivity contribution < 1.29 is 27.2 Å². The van der Waals surface area contributed by atoms with Crippen LogP contribution in [0.2, 0.25) is 0 Å². The molecule has 0 saturated heterocycles. The fourth-order valence-electron chi connectivity index (χ4n) is 4.65. The first-order valence-electron chi connectivity index (χ1n) is 13.5. The van der Waals surface area contributed by atoms with E-state index in [0.717, 1.165) is 25.3 Å². The lowest BCUT2D eigenvalue weighted by Crippen LogP contribution is -2.38. The van der Waals surface area contributed by atoms with Crippen LogP contribution >= 0.6 is 0 Å². The molecular weight excluding hydrogens is 564 g/mol. The first-order chi connectivity index (χ1) is 20.3. The predicted molar refractivity (Wildman–Crippen MR) is 157 cm³/mol. The van der Waals surface area contributed by atoms with E-state index in [9.17, 15) is 22.8 Å². The van der Waals surface area contributed by atoms with E-state index in [2.05, 4.69) is 10.6 Å². The minimum absolute atomic E-state index is 0.140. The van der Waals surface area contributed by atoms with Crippen molar-refractivity contribution in [3.63, 3.8) is 0 Å². The topological polar surface area (TPSA) is 160 Å². The third kappa shape index (κ3) is 7.85. The van der Waals surface area contributed by atoms with Crippen LogP contribution in [0.3, 0.4) is 0 Å². The molecule has 3 aromatic rings. The van der Waals surface area contributed by atoms with Crippen LogP contribution in [0.1, 0.15) is 52.7 Å². The van der Waals surface area contributed by atoms with Crippen molar-refractivity contribution in [1.82, 2.24) is 0 Å². The number of nitrogens with two attached hydrogens (primary N) is 3. The molecule has 0 aliphatic heterocycles. The number of carbonyl (C=O) groups excluding carboxylic acids is 2. The molecule has 4 rings (SSSR count). The Morgan fingerprint density at radius 3 is 2.33 bits per heavy atom. The van der Waals surface area contributed by atoms with Crippen molar-refractivity contribution in [2.24, 2.45) is 23.1 Å². The number of nitrogens with one attached hydrogen (secondary N) is 3. The fraction of sp³-hybridized carbons (Fsp3) is 0.258. The van der Waals surface area contributed by atoms with Crippen molar-refractivity contribution in [2.45, 2.75) is 43.9 Å². The van der Waals surface area contributed by atoms with Gasteiger partial charge in [-0.05, 0) is 77.9 Å². The van der Waals surface area contributed by atoms with Gasteiger partial charge < -0.3 is 27.8 Å². The Balaban J connectivity index is 1.70. The van der Waals surface area contributed by atoms with E-state index < -0.39 is 40.8 Å². The summed E-state index contributed by atoms with van der Waals surface area (Å²) in [4.78, 5) is 25.1. The maximum absolute atomic E-state index is 15.1. The molecule has 0 bridgehead atoms. The van der Waals surface area contributed by atoms with Gasteiger partial charge in [-0.25, -0.2) is 4.39 Å². The molecule has 226 valence electrons. The second-order valence-electron chi connectivity index (χ2n) is 10.5. The summed E-state index contributed by atoms with van der Waals surface area (Å²) in [5.41, 5.74) is 16.2. The number of alkyl halides is 3. The molecule has 1 unspecified atom stereocenters. The smallest absolute Gasteiger partial charge is 0.366 e. The quantitative estimate of drug-likeness (QED) is 0.0950. The Hall–Kier alpha value is -4.55. The molecule has 3 aromatic carbocycles. The van der Waals surface area contributed by atoms with Gasteiger partial charge in [-0.3, -0.25) is 15.0 Å². The minimum atomic E-state index is -5.03. The SMILES string of the molecule is N=C(/C=C(\Nc1cccc(CN)c1)C(=O)Nc1cc(C(N)(CCC2CC2)c2cccc(C(N)=O)c2)ccc1F)C(F)(F)F. The van der Waals surface area contributed by atoms with Gasteiger partial charge in [-0.15, -0.1) is 0 Å². The zero-order chi connectivity index (χ0) is 31.4. The maximum Gasteiger partial charge on any atom is 0.432 e. The highest BCUT2D eigenvalue weighted by Crippen LogP contribution is 2.40. The summed E-state index contributed by atoms with van der Waals surface area (Å²) in [5.74, 6) is -2.14. The molecule has 1 aliphatic carbocycles. The molecular formula is C31H32F4N6O2. The molecule has 2 amide bonds. The van der Waals surface area contributed by atoms with Gasteiger partial charge in [0.25, 0.3) is 5.91 Å². The average molecular weight is 597 g/mol. The van der Waals surface area contributed by atoms with Gasteiger partial charge in [0.05, 0.1) is 11.2 Å². The molecule has 1 atom stereocenters. The Morgan fingerprint density at radius 2 is 1.67 bits per heavy atom. The molecule has 1 saturated carbocycles. The molecule has 0 aromatic heterocycles. The van der Waals surface area contributed by atoms with Crippen molar-refractivity contribution in [3.05, 3.63) is 107 Å². The highest BCUT2D eigenvalue weighted by molar-refractivity contribution is 6.11. The first-order valence-corrected chi connectivity index (χ1v) is 13.5. The minimum Gasteiger partial charge on any atom is -0.366 e. The highest BCUT2D eigenvalue weighted by Gasteiger charge is 2.35. The lowest BCUT2D eigenvalue weighted by molar-refractivity contribution is -0.112. The van der Waals surface area contributed by atoms with Crippen LogP contribution in [0, 0.1) is 17.1 Å². The van der Waals surface area contributed by atoms with Gasteiger partial charge in [-0.2, -0.15) is 13.2 Å². The lowest BCUT2D eigenvalue weighted by atomic mass is 9.79. The van der Waals surface area contributed by atoms with Crippen LogP contribution < -0.4 is 27.8 Å². The molecule has 8 nitrogen and oxygen atoms in total. The van der Waals surface area contributed by atoms with Crippen LogP contribution in [-0.2, 0) is 16.9 Å². The van der Waals surface area contributed by atoms with Crippen molar-refractivity contribution in [2.75, 3.05) is 10.6 Å². The second-order valence-corrected chi connectivity index (χ2v) is 10.5. The van der Waals surface area contributed by atoms with E-state index in [1.165, 1.54) is 24.3 Å². The van der Waals surface area contributed by atoms with E-state index in [-0.39, 0.29) is 23.5 Å². The molecule has 0 heterocycles. The van der Waals surface area contributed by atoms with Crippen LogP contribution in [0.25, 0.3) is 0 Å². The summed E-state index contributed by atoms with van der Waals surface area (Å²) >= 11 is 0. The predicted octanol–water partition coefficient (Wildman–Crippen LogP) is 5.29. The van der Waals surface area contributed by atoms with Crippen molar-refractivity contribution in [3.8, 4) is 0 Å². The summed E-state index contributed by atoms with van der Waals surface area (Å²) in [5, 5.41) is 12.3. The van der Waals surface area contributed by atoms with Crippen LogP contribution in [0.15, 0.2) is 78.5 Å². The van der Waals surface area contributed by atoms with Crippen LogP contribution in [-0.4, -0.2) is 23.7 Å². The Labute approximate surface area is 245 Å². The van der Waals surface area contributed by atoms with Gasteiger partial charge in [0.15, 0.2) is 0 Å². The van der Waals surface area contributed by atoms with E-state index in [1.807, 2.05) is 0 Å². The number of anilines is 2. The van der Waals surface area contributed by atoms with E-state index in [4.69, 9.17) is 22.6 Å². The van der Waals surface area contributed by atoms with Gasteiger partial charge >= 0.3 is 6.18 Å². The molecule has 9 N–H and O–H groups in total. The summed E-state index contributed by atoms with van der Waals surface area (Å²) in [7, 11) is 0. The third-order valence-corrected chi connectivity index (χ3v) is 7.32. The average Bonchev–Trinajstić information content (AvgIpc) is 3.81. The van der Waals surface area contributed by atoms with Crippen molar-refractivity contribution in [1.29, 1.82) is 5.41 Å². The van der Waals surface area contributed by atoms with Crippen molar-refractivity contribution >= 4 is 28.9 Å². The molecule has 1 fully saturated rings. The number of benzene rings is 3. The van der Waals surface area contributed by atoms with Gasteiger partial charge in [0.2, 0.25) is 5.91 Å². The number of carbonyl (C=O) groups is 2. The number of allylic oxidation sites excluding steroid dienone is 1. The van der Waals surface area contributed by atoms with E-state index >= 15 is 4.39 Å².